The number of rotatable bonds is 5. The van der Waals surface area contributed by atoms with Crippen LogP contribution in [0.2, 0.25) is 0 Å². The summed E-state index contributed by atoms with van der Waals surface area (Å²) in [7, 11) is 2.55. The number of methoxy groups -OCH3 is 2. The second-order valence-corrected chi connectivity index (χ2v) is 4.15. The number of hydrogen-bond donors (Lipinski definition) is 0. The number of carbonyl (C=O) groups excluding carboxylic acids is 2. The molecule has 0 fully saturated rings. The Morgan fingerprint density at radius 2 is 1.56 bits per heavy atom. The zero-order valence-corrected chi connectivity index (χ0v) is 11.6. The predicted molar refractivity (Wildman–Crippen MR) is 69.9 cm³/mol. The van der Waals surface area contributed by atoms with Crippen LogP contribution in [0.5, 0.6) is 0 Å². The van der Waals surface area contributed by atoms with E-state index in [4.69, 9.17) is 0 Å². The summed E-state index contributed by atoms with van der Waals surface area (Å²) in [6.07, 6.45) is 3.05. The molecule has 0 radical (unpaired) electrons. The summed E-state index contributed by atoms with van der Waals surface area (Å²) in [6, 6.07) is 0. The molecule has 0 aliphatic rings. The van der Waals surface area contributed by atoms with Crippen molar-refractivity contribution in [1.82, 2.24) is 0 Å². The van der Waals surface area contributed by atoms with Gasteiger partial charge in [-0.05, 0) is 25.0 Å². The van der Waals surface area contributed by atoms with E-state index < -0.39 is 11.9 Å². The van der Waals surface area contributed by atoms with E-state index in [-0.39, 0.29) is 11.1 Å². The van der Waals surface area contributed by atoms with Crippen LogP contribution in [-0.2, 0) is 19.1 Å². The molecule has 0 aliphatic heterocycles. The van der Waals surface area contributed by atoms with Gasteiger partial charge in [0, 0.05) is 0 Å². The number of hydrogen-bond acceptors (Lipinski definition) is 4. The van der Waals surface area contributed by atoms with Crippen molar-refractivity contribution in [2.24, 2.45) is 5.92 Å². The first-order chi connectivity index (χ1) is 8.33. The van der Waals surface area contributed by atoms with Gasteiger partial charge in [0.05, 0.1) is 25.4 Å². The summed E-state index contributed by atoms with van der Waals surface area (Å²) < 4.78 is 9.19. The second-order valence-electron chi connectivity index (χ2n) is 4.15. The fourth-order valence-corrected chi connectivity index (χ4v) is 1.07. The Bertz CT molecular complexity index is 400. The van der Waals surface area contributed by atoms with Gasteiger partial charge in [-0.2, -0.15) is 0 Å². The number of ether oxygens (including phenoxy) is 2. The largest absolute Gasteiger partial charge is 0.465 e. The Morgan fingerprint density at radius 1 is 1.06 bits per heavy atom. The molecular weight excluding hydrogens is 232 g/mol. The number of esters is 2. The van der Waals surface area contributed by atoms with Gasteiger partial charge in [-0.3, -0.25) is 0 Å². The van der Waals surface area contributed by atoms with Gasteiger partial charge < -0.3 is 9.47 Å². The maximum atomic E-state index is 11.6. The van der Waals surface area contributed by atoms with E-state index in [2.05, 4.69) is 16.1 Å². The van der Waals surface area contributed by atoms with E-state index >= 15 is 0 Å². The highest BCUT2D eigenvalue weighted by atomic mass is 16.5. The molecule has 0 saturated heterocycles. The quantitative estimate of drug-likeness (QED) is 0.428. The molecule has 0 saturated carbocycles. The molecule has 0 aromatic rings. The fraction of sp³-hybridized carbons (Fsp3) is 0.429. The van der Waals surface area contributed by atoms with Gasteiger partial charge in [-0.25, -0.2) is 9.59 Å². The van der Waals surface area contributed by atoms with Crippen LogP contribution in [0.25, 0.3) is 0 Å². The Labute approximate surface area is 108 Å². The maximum absolute atomic E-state index is 11.6. The summed E-state index contributed by atoms with van der Waals surface area (Å²) in [5.74, 6) is -0.795. The van der Waals surface area contributed by atoms with Crippen molar-refractivity contribution in [1.29, 1.82) is 0 Å². The SMILES string of the molecule is C=C(/C=C(\C=C(/C)C(C)C)C(=O)OC)C(=O)OC. The van der Waals surface area contributed by atoms with Crippen LogP contribution in [-0.4, -0.2) is 26.2 Å². The topological polar surface area (TPSA) is 52.6 Å². The van der Waals surface area contributed by atoms with Crippen molar-refractivity contribution in [3.8, 4) is 0 Å². The molecule has 0 N–H and O–H groups in total. The monoisotopic (exact) mass is 252 g/mol. The van der Waals surface area contributed by atoms with Crippen LogP contribution in [0.15, 0.2) is 35.5 Å². The molecule has 0 aromatic carbocycles. The van der Waals surface area contributed by atoms with Crippen molar-refractivity contribution >= 4 is 11.9 Å². The lowest BCUT2D eigenvalue weighted by Gasteiger charge is -2.07. The van der Waals surface area contributed by atoms with Crippen molar-refractivity contribution < 1.29 is 19.1 Å². The third kappa shape index (κ3) is 4.99. The van der Waals surface area contributed by atoms with E-state index in [0.29, 0.717) is 5.92 Å². The summed E-state index contributed by atoms with van der Waals surface area (Å²) in [5, 5.41) is 0. The molecule has 0 heterocycles. The zero-order valence-electron chi connectivity index (χ0n) is 11.6. The standard InChI is InChI=1S/C14H20O4/c1-9(2)10(3)7-12(14(16)18-6)8-11(4)13(15)17-5/h7-9H,4H2,1-3,5-6H3/b10-7+,12-8+. The molecule has 100 valence electrons. The van der Waals surface area contributed by atoms with Crippen molar-refractivity contribution in [2.45, 2.75) is 20.8 Å². The molecule has 0 unspecified atom stereocenters. The predicted octanol–water partition coefficient (Wildman–Crippen LogP) is 2.42. The van der Waals surface area contributed by atoms with Gasteiger partial charge in [0.2, 0.25) is 0 Å². The molecule has 0 rings (SSSR count). The van der Waals surface area contributed by atoms with Crippen molar-refractivity contribution in [3.05, 3.63) is 35.5 Å². The van der Waals surface area contributed by atoms with Crippen molar-refractivity contribution in [3.63, 3.8) is 0 Å². The summed E-state index contributed by atoms with van der Waals surface area (Å²) in [5.41, 5.74) is 1.38. The highest BCUT2D eigenvalue weighted by Gasteiger charge is 2.12. The average Bonchev–Trinajstić information content (AvgIpc) is 2.35. The third-order valence-electron chi connectivity index (χ3n) is 2.49. The second kappa shape index (κ2) is 7.48. The Balaban J connectivity index is 5.32. The molecule has 4 heteroatoms. The van der Waals surface area contributed by atoms with Crippen LogP contribution in [0, 0.1) is 5.92 Å². The Hall–Kier alpha value is -1.84. The minimum atomic E-state index is -0.577. The van der Waals surface area contributed by atoms with Gasteiger partial charge in [0.25, 0.3) is 0 Å². The number of allylic oxidation sites excluding steroid dienone is 1. The van der Waals surface area contributed by atoms with E-state index in [1.54, 1.807) is 6.08 Å². The zero-order chi connectivity index (χ0) is 14.3. The van der Waals surface area contributed by atoms with E-state index in [0.717, 1.165) is 5.57 Å². The fourth-order valence-electron chi connectivity index (χ4n) is 1.07. The third-order valence-corrected chi connectivity index (χ3v) is 2.49. The molecule has 0 aromatic heterocycles. The molecule has 0 atom stereocenters. The molecule has 4 nitrogen and oxygen atoms in total. The average molecular weight is 252 g/mol. The van der Waals surface area contributed by atoms with Crippen LogP contribution >= 0.6 is 0 Å². The van der Waals surface area contributed by atoms with Crippen LogP contribution in [0.1, 0.15) is 20.8 Å². The first-order valence-electron chi connectivity index (χ1n) is 5.58. The maximum Gasteiger partial charge on any atom is 0.337 e. The molecule has 18 heavy (non-hydrogen) atoms. The highest BCUT2D eigenvalue weighted by molar-refractivity contribution is 5.97. The molecular formula is C14H20O4. The van der Waals surface area contributed by atoms with Gasteiger partial charge in [0.1, 0.15) is 0 Å². The minimum Gasteiger partial charge on any atom is -0.465 e. The van der Waals surface area contributed by atoms with Crippen molar-refractivity contribution in [2.75, 3.05) is 14.2 Å². The first-order valence-corrected chi connectivity index (χ1v) is 5.58. The molecule has 0 spiro atoms. The summed E-state index contributed by atoms with van der Waals surface area (Å²) in [4.78, 5) is 22.8. The molecule has 0 amide bonds. The summed E-state index contributed by atoms with van der Waals surface area (Å²) >= 11 is 0. The Kier molecular flexibility index (Phi) is 6.71. The normalized spacial score (nSPS) is 12.3. The lowest BCUT2D eigenvalue weighted by Crippen LogP contribution is -2.08. The van der Waals surface area contributed by atoms with Gasteiger partial charge in [-0.15, -0.1) is 0 Å². The molecule has 0 aliphatic carbocycles. The minimum absolute atomic E-state index is 0.103. The highest BCUT2D eigenvalue weighted by Crippen LogP contribution is 2.14. The smallest absolute Gasteiger partial charge is 0.337 e. The Morgan fingerprint density at radius 3 is 1.94 bits per heavy atom. The van der Waals surface area contributed by atoms with E-state index in [9.17, 15) is 9.59 Å². The lowest BCUT2D eigenvalue weighted by molar-refractivity contribution is -0.135. The van der Waals surface area contributed by atoms with Crippen LogP contribution in [0.4, 0.5) is 0 Å². The van der Waals surface area contributed by atoms with Gasteiger partial charge in [0.15, 0.2) is 0 Å². The summed E-state index contributed by atoms with van der Waals surface area (Å²) in [6.45, 7) is 9.47. The first kappa shape index (κ1) is 16.2. The van der Waals surface area contributed by atoms with Crippen LogP contribution < -0.4 is 0 Å². The van der Waals surface area contributed by atoms with E-state index in [1.807, 2.05) is 20.8 Å². The number of carbonyl (C=O) groups is 2. The van der Waals surface area contributed by atoms with Gasteiger partial charge >= 0.3 is 11.9 Å². The van der Waals surface area contributed by atoms with Crippen LogP contribution in [0.3, 0.4) is 0 Å². The molecule has 0 bridgehead atoms. The van der Waals surface area contributed by atoms with Gasteiger partial charge in [-0.1, -0.05) is 26.0 Å². The lowest BCUT2D eigenvalue weighted by atomic mass is 10.0. The van der Waals surface area contributed by atoms with E-state index in [1.165, 1.54) is 20.3 Å².